The Morgan fingerprint density at radius 2 is 2.11 bits per heavy atom. The lowest BCUT2D eigenvalue weighted by Crippen LogP contribution is -2.27. The Balaban J connectivity index is 2.56. The third kappa shape index (κ3) is 5.32. The van der Waals surface area contributed by atoms with E-state index in [1.807, 2.05) is 13.8 Å². The zero-order chi connectivity index (χ0) is 13.6. The molecular formula is C11H18BrN3O2S. The molecule has 1 heterocycles. The van der Waals surface area contributed by atoms with Crippen LogP contribution in [0.4, 0.5) is 5.82 Å². The molecule has 0 amide bonds. The van der Waals surface area contributed by atoms with Crippen LogP contribution >= 0.6 is 15.9 Å². The molecule has 2 N–H and O–H groups in total. The summed E-state index contributed by atoms with van der Waals surface area (Å²) < 4.78 is 26.8. The van der Waals surface area contributed by atoms with Gasteiger partial charge in [-0.15, -0.1) is 0 Å². The molecule has 102 valence electrons. The molecule has 1 aromatic heterocycles. The second kappa shape index (κ2) is 7.06. The number of sulfonamides is 1. The van der Waals surface area contributed by atoms with Crippen LogP contribution in [-0.4, -0.2) is 32.2 Å². The molecule has 1 rings (SSSR count). The van der Waals surface area contributed by atoms with Gasteiger partial charge in [0, 0.05) is 17.2 Å². The molecule has 1 aromatic rings. The van der Waals surface area contributed by atoms with Crippen molar-refractivity contribution in [2.24, 2.45) is 0 Å². The number of pyridine rings is 1. The molecular weight excluding hydrogens is 318 g/mol. The van der Waals surface area contributed by atoms with Crippen molar-refractivity contribution in [3.63, 3.8) is 0 Å². The lowest BCUT2D eigenvalue weighted by Gasteiger charge is -2.08. The molecule has 0 spiro atoms. The van der Waals surface area contributed by atoms with Crippen molar-refractivity contribution in [3.8, 4) is 0 Å². The first-order valence-electron chi connectivity index (χ1n) is 5.78. The van der Waals surface area contributed by atoms with Gasteiger partial charge in [0.1, 0.15) is 5.82 Å². The molecule has 7 heteroatoms. The van der Waals surface area contributed by atoms with Crippen molar-refractivity contribution in [2.75, 3.05) is 23.6 Å². The van der Waals surface area contributed by atoms with Gasteiger partial charge in [0.05, 0.1) is 5.75 Å². The summed E-state index contributed by atoms with van der Waals surface area (Å²) in [5, 5.41) is 3.05. The lowest BCUT2D eigenvalue weighted by atomic mass is 10.3. The monoisotopic (exact) mass is 335 g/mol. The number of aromatic nitrogens is 1. The molecule has 0 radical (unpaired) electrons. The van der Waals surface area contributed by atoms with E-state index in [4.69, 9.17) is 0 Å². The van der Waals surface area contributed by atoms with Crippen LogP contribution in [0.5, 0.6) is 0 Å². The first-order chi connectivity index (χ1) is 8.44. The summed E-state index contributed by atoms with van der Waals surface area (Å²) in [5.41, 5.74) is 0.937. The fraction of sp³-hybridized carbons (Fsp3) is 0.545. The molecule has 0 aliphatic heterocycles. The average molecular weight is 336 g/mol. The molecule has 0 atom stereocenters. The third-order valence-corrected chi connectivity index (χ3v) is 4.37. The minimum Gasteiger partial charge on any atom is -0.316 e. The third-order valence-electron chi connectivity index (χ3n) is 2.28. The van der Waals surface area contributed by atoms with Crippen LogP contribution in [0.15, 0.2) is 16.7 Å². The van der Waals surface area contributed by atoms with E-state index in [0.29, 0.717) is 12.4 Å². The van der Waals surface area contributed by atoms with Crippen LogP contribution in [0.1, 0.15) is 18.9 Å². The van der Waals surface area contributed by atoms with Crippen molar-refractivity contribution in [1.29, 1.82) is 0 Å². The normalized spacial score (nSPS) is 11.5. The van der Waals surface area contributed by atoms with E-state index >= 15 is 0 Å². The quantitative estimate of drug-likeness (QED) is 0.746. The van der Waals surface area contributed by atoms with Gasteiger partial charge in [-0.05, 0) is 47.4 Å². The first kappa shape index (κ1) is 15.4. The predicted octanol–water partition coefficient (Wildman–Crippen LogP) is 1.89. The number of rotatable bonds is 7. The molecule has 0 bridgehead atoms. The van der Waals surface area contributed by atoms with Crippen LogP contribution in [0, 0.1) is 6.92 Å². The maximum absolute atomic E-state index is 11.8. The van der Waals surface area contributed by atoms with E-state index in [2.05, 4.69) is 31.0 Å². The minimum atomic E-state index is -3.34. The van der Waals surface area contributed by atoms with Crippen LogP contribution in [0.25, 0.3) is 0 Å². The highest BCUT2D eigenvalue weighted by Gasteiger charge is 2.11. The van der Waals surface area contributed by atoms with Gasteiger partial charge in [0.2, 0.25) is 10.0 Å². The fourth-order valence-electron chi connectivity index (χ4n) is 1.31. The number of hydrogen-bond acceptors (Lipinski definition) is 4. The Bertz CT molecular complexity index is 491. The standard InChI is InChI=1S/C11H18BrN3O2S/c1-3-4-13-5-6-18(16,17)15-11-7-9(2)10(12)8-14-11/h7-8,13H,3-6H2,1-2H3,(H,14,15). The SMILES string of the molecule is CCCNCCS(=O)(=O)Nc1cc(C)c(Br)cn1. The molecule has 0 aliphatic rings. The summed E-state index contributed by atoms with van der Waals surface area (Å²) in [7, 11) is -3.34. The number of hydrogen-bond donors (Lipinski definition) is 2. The van der Waals surface area contributed by atoms with Crippen LogP contribution < -0.4 is 10.0 Å². The van der Waals surface area contributed by atoms with E-state index in [-0.39, 0.29) is 5.75 Å². The number of nitrogens with zero attached hydrogens (tertiary/aromatic N) is 1. The Morgan fingerprint density at radius 3 is 2.72 bits per heavy atom. The zero-order valence-electron chi connectivity index (χ0n) is 10.5. The van der Waals surface area contributed by atoms with Crippen LogP contribution in [-0.2, 0) is 10.0 Å². The summed E-state index contributed by atoms with van der Waals surface area (Å²) in [4.78, 5) is 4.01. The average Bonchev–Trinajstić information content (AvgIpc) is 2.29. The van der Waals surface area contributed by atoms with Crippen molar-refractivity contribution >= 4 is 31.8 Å². The second-order valence-electron chi connectivity index (χ2n) is 3.99. The summed E-state index contributed by atoms with van der Waals surface area (Å²) in [6.07, 6.45) is 2.57. The highest BCUT2D eigenvalue weighted by molar-refractivity contribution is 9.10. The fourth-order valence-corrected chi connectivity index (χ4v) is 2.48. The van der Waals surface area contributed by atoms with Gasteiger partial charge in [0.15, 0.2) is 0 Å². The predicted molar refractivity (Wildman–Crippen MR) is 77.2 cm³/mol. The highest BCUT2D eigenvalue weighted by Crippen LogP contribution is 2.17. The molecule has 0 unspecified atom stereocenters. The Hall–Kier alpha value is -0.660. The maximum Gasteiger partial charge on any atom is 0.235 e. The summed E-state index contributed by atoms with van der Waals surface area (Å²) >= 11 is 3.32. The van der Waals surface area contributed by atoms with Crippen molar-refractivity contribution in [3.05, 3.63) is 22.3 Å². The van der Waals surface area contributed by atoms with Gasteiger partial charge in [-0.25, -0.2) is 13.4 Å². The summed E-state index contributed by atoms with van der Waals surface area (Å²) in [6, 6.07) is 1.70. The van der Waals surface area contributed by atoms with E-state index in [1.165, 1.54) is 0 Å². The smallest absolute Gasteiger partial charge is 0.235 e. The van der Waals surface area contributed by atoms with Crippen molar-refractivity contribution in [2.45, 2.75) is 20.3 Å². The molecule has 0 saturated heterocycles. The second-order valence-corrected chi connectivity index (χ2v) is 6.69. The van der Waals surface area contributed by atoms with Crippen LogP contribution in [0.2, 0.25) is 0 Å². The number of halogens is 1. The van der Waals surface area contributed by atoms with E-state index in [9.17, 15) is 8.42 Å². The van der Waals surface area contributed by atoms with Gasteiger partial charge in [-0.2, -0.15) is 0 Å². The van der Waals surface area contributed by atoms with Gasteiger partial charge in [-0.3, -0.25) is 4.72 Å². The van der Waals surface area contributed by atoms with E-state index in [0.717, 1.165) is 23.0 Å². The van der Waals surface area contributed by atoms with Crippen molar-refractivity contribution in [1.82, 2.24) is 10.3 Å². The Labute approximate surface area is 117 Å². The largest absolute Gasteiger partial charge is 0.316 e. The summed E-state index contributed by atoms with van der Waals surface area (Å²) in [6.45, 7) is 5.19. The lowest BCUT2D eigenvalue weighted by molar-refractivity contribution is 0.595. The first-order valence-corrected chi connectivity index (χ1v) is 8.22. The van der Waals surface area contributed by atoms with E-state index < -0.39 is 10.0 Å². The maximum atomic E-state index is 11.8. The molecule has 0 fully saturated rings. The Morgan fingerprint density at radius 1 is 1.39 bits per heavy atom. The van der Waals surface area contributed by atoms with E-state index in [1.54, 1.807) is 12.3 Å². The topological polar surface area (TPSA) is 71.1 Å². The number of anilines is 1. The molecule has 0 saturated carbocycles. The molecule has 0 aromatic carbocycles. The minimum absolute atomic E-state index is 0.0454. The number of aryl methyl sites for hydroxylation is 1. The molecule has 18 heavy (non-hydrogen) atoms. The van der Waals surface area contributed by atoms with Crippen molar-refractivity contribution < 1.29 is 8.42 Å². The summed E-state index contributed by atoms with van der Waals surface area (Å²) in [5.74, 6) is 0.398. The molecule has 0 aliphatic carbocycles. The molecule has 5 nitrogen and oxygen atoms in total. The van der Waals surface area contributed by atoms with Gasteiger partial charge >= 0.3 is 0 Å². The van der Waals surface area contributed by atoms with Gasteiger partial charge < -0.3 is 5.32 Å². The van der Waals surface area contributed by atoms with Crippen LogP contribution in [0.3, 0.4) is 0 Å². The zero-order valence-corrected chi connectivity index (χ0v) is 12.9. The highest BCUT2D eigenvalue weighted by atomic mass is 79.9. The Kier molecular flexibility index (Phi) is 6.04. The number of nitrogens with one attached hydrogen (secondary N) is 2. The van der Waals surface area contributed by atoms with Gasteiger partial charge in [0.25, 0.3) is 0 Å². The van der Waals surface area contributed by atoms with Gasteiger partial charge in [-0.1, -0.05) is 6.92 Å².